The van der Waals surface area contributed by atoms with E-state index in [0.29, 0.717) is 12.2 Å². The minimum absolute atomic E-state index is 0.0603. The average molecular weight is 224 g/mol. The van der Waals surface area contributed by atoms with Crippen LogP contribution in [0.3, 0.4) is 0 Å². The predicted octanol–water partition coefficient (Wildman–Crippen LogP) is 0.495. The lowest BCUT2D eigenvalue weighted by atomic mass is 10.4. The first-order valence-corrected chi connectivity index (χ1v) is 5.11. The molecule has 0 aliphatic rings. The number of nitrogens with one attached hydrogen (secondary N) is 1. The molecule has 0 spiro atoms. The Morgan fingerprint density at radius 3 is 2.62 bits per heavy atom. The average Bonchev–Trinajstić information content (AvgIpc) is 2.30. The molecule has 16 heavy (non-hydrogen) atoms. The summed E-state index contributed by atoms with van der Waals surface area (Å²) in [6, 6.07) is -0.290. The van der Waals surface area contributed by atoms with Crippen LogP contribution < -0.4 is 5.32 Å². The minimum atomic E-state index is -0.290. The van der Waals surface area contributed by atoms with Crippen LogP contribution in [0.2, 0.25) is 0 Å². The monoisotopic (exact) mass is 224 g/mol. The van der Waals surface area contributed by atoms with Crippen molar-refractivity contribution < 1.29 is 9.90 Å². The number of nitrogens with zero attached hydrogens (tertiary/aromatic N) is 3. The minimum Gasteiger partial charge on any atom is -0.395 e. The molecule has 2 amide bonds. The van der Waals surface area contributed by atoms with Crippen molar-refractivity contribution in [3.63, 3.8) is 0 Å². The van der Waals surface area contributed by atoms with E-state index < -0.39 is 0 Å². The highest BCUT2D eigenvalue weighted by Crippen LogP contribution is 2.04. The van der Waals surface area contributed by atoms with Crippen molar-refractivity contribution in [2.24, 2.45) is 0 Å². The lowest BCUT2D eigenvalue weighted by Crippen LogP contribution is -2.33. The van der Waals surface area contributed by atoms with Crippen LogP contribution in [0.5, 0.6) is 0 Å². The number of carbonyl (C=O) groups excluding carboxylic acids is 1. The smallest absolute Gasteiger partial charge is 0.321 e. The molecule has 0 aliphatic carbocycles. The van der Waals surface area contributed by atoms with Gasteiger partial charge in [0.15, 0.2) is 0 Å². The molecule has 6 heteroatoms. The maximum atomic E-state index is 11.5. The first-order chi connectivity index (χ1) is 7.67. The fourth-order valence-electron chi connectivity index (χ4n) is 1.07. The third-order valence-electron chi connectivity index (χ3n) is 2.05. The zero-order valence-corrected chi connectivity index (χ0v) is 9.47. The molecule has 0 fully saturated rings. The Balaban J connectivity index is 2.55. The molecule has 0 radical (unpaired) electrons. The number of carbonyl (C=O) groups is 1. The maximum absolute atomic E-state index is 11.5. The van der Waals surface area contributed by atoms with Crippen LogP contribution in [-0.2, 0) is 6.42 Å². The summed E-state index contributed by atoms with van der Waals surface area (Å²) in [5.41, 5.74) is 0.548. The van der Waals surface area contributed by atoms with E-state index in [1.807, 2.05) is 6.92 Å². The molecule has 0 atom stereocenters. The lowest BCUT2D eigenvalue weighted by Gasteiger charge is -2.16. The Labute approximate surface area is 94.3 Å². The molecule has 6 nitrogen and oxygen atoms in total. The largest absolute Gasteiger partial charge is 0.395 e. The summed E-state index contributed by atoms with van der Waals surface area (Å²) in [5, 5.41) is 11.3. The quantitative estimate of drug-likeness (QED) is 0.780. The summed E-state index contributed by atoms with van der Waals surface area (Å²) in [4.78, 5) is 21.0. The summed E-state index contributed by atoms with van der Waals surface area (Å²) >= 11 is 0. The summed E-state index contributed by atoms with van der Waals surface area (Å²) in [6.07, 6.45) is 3.89. The molecule has 1 aromatic rings. The number of rotatable bonds is 4. The maximum Gasteiger partial charge on any atom is 0.321 e. The number of amides is 2. The summed E-state index contributed by atoms with van der Waals surface area (Å²) in [5.74, 6) is 0.738. The highest BCUT2D eigenvalue weighted by Gasteiger charge is 2.07. The molecule has 0 aliphatic heterocycles. The van der Waals surface area contributed by atoms with E-state index in [2.05, 4.69) is 15.3 Å². The SMILES string of the molecule is CCc1ncc(NC(=O)N(C)CCO)cn1. The molecule has 0 aromatic carbocycles. The van der Waals surface area contributed by atoms with Crippen LogP contribution in [0.1, 0.15) is 12.7 Å². The van der Waals surface area contributed by atoms with Gasteiger partial charge in [-0.1, -0.05) is 6.92 Å². The molecule has 1 rings (SSSR count). The summed E-state index contributed by atoms with van der Waals surface area (Å²) in [7, 11) is 1.60. The molecule has 0 saturated carbocycles. The van der Waals surface area contributed by atoms with E-state index >= 15 is 0 Å². The number of urea groups is 1. The molecule has 1 aromatic heterocycles. The molecule has 0 unspecified atom stereocenters. The number of aromatic nitrogens is 2. The van der Waals surface area contributed by atoms with E-state index in [4.69, 9.17) is 5.11 Å². The van der Waals surface area contributed by atoms with Gasteiger partial charge in [-0.25, -0.2) is 14.8 Å². The molecular formula is C10H16N4O2. The molecular weight excluding hydrogens is 208 g/mol. The number of aliphatic hydroxyl groups is 1. The highest BCUT2D eigenvalue weighted by atomic mass is 16.3. The van der Waals surface area contributed by atoms with Gasteiger partial charge in [0, 0.05) is 20.0 Å². The van der Waals surface area contributed by atoms with E-state index in [1.54, 1.807) is 19.4 Å². The van der Waals surface area contributed by atoms with Gasteiger partial charge in [0.25, 0.3) is 0 Å². The second-order valence-electron chi connectivity index (χ2n) is 3.32. The Hall–Kier alpha value is -1.69. The van der Waals surface area contributed by atoms with Gasteiger partial charge in [-0.15, -0.1) is 0 Å². The number of aliphatic hydroxyl groups excluding tert-OH is 1. The number of likely N-dealkylation sites (N-methyl/N-ethyl adjacent to an activating group) is 1. The van der Waals surface area contributed by atoms with Crippen LogP contribution in [0.4, 0.5) is 10.5 Å². The fourth-order valence-corrected chi connectivity index (χ4v) is 1.07. The summed E-state index contributed by atoms with van der Waals surface area (Å²) < 4.78 is 0. The van der Waals surface area contributed by atoms with Gasteiger partial charge in [0.2, 0.25) is 0 Å². The van der Waals surface area contributed by atoms with Crippen molar-refractivity contribution in [1.29, 1.82) is 0 Å². The van der Waals surface area contributed by atoms with Crippen LogP contribution in [0.25, 0.3) is 0 Å². The zero-order valence-electron chi connectivity index (χ0n) is 9.47. The van der Waals surface area contributed by atoms with Crippen LogP contribution in [0, 0.1) is 0 Å². The second kappa shape index (κ2) is 6.02. The highest BCUT2D eigenvalue weighted by molar-refractivity contribution is 5.88. The Morgan fingerprint density at radius 2 is 2.12 bits per heavy atom. The van der Waals surface area contributed by atoms with Crippen LogP contribution in [-0.4, -0.2) is 46.2 Å². The van der Waals surface area contributed by atoms with Crippen molar-refractivity contribution in [3.05, 3.63) is 18.2 Å². The standard InChI is InChI=1S/C10H16N4O2/c1-3-9-11-6-8(7-12-9)13-10(16)14(2)4-5-15/h6-7,15H,3-5H2,1-2H3,(H,13,16). The van der Waals surface area contributed by atoms with Gasteiger partial charge in [0.05, 0.1) is 24.7 Å². The first-order valence-electron chi connectivity index (χ1n) is 5.11. The molecule has 0 bridgehead atoms. The van der Waals surface area contributed by atoms with E-state index in [0.717, 1.165) is 12.2 Å². The van der Waals surface area contributed by atoms with Gasteiger partial charge >= 0.3 is 6.03 Å². The van der Waals surface area contributed by atoms with Crippen molar-refractivity contribution >= 4 is 11.7 Å². The molecule has 2 N–H and O–H groups in total. The second-order valence-corrected chi connectivity index (χ2v) is 3.32. The third kappa shape index (κ3) is 3.47. The predicted molar refractivity (Wildman–Crippen MR) is 60.1 cm³/mol. The number of hydrogen-bond donors (Lipinski definition) is 2. The van der Waals surface area contributed by atoms with Crippen LogP contribution >= 0.6 is 0 Å². The molecule has 88 valence electrons. The van der Waals surface area contributed by atoms with Gasteiger partial charge in [-0.2, -0.15) is 0 Å². The first kappa shape index (κ1) is 12.4. The fraction of sp³-hybridized carbons (Fsp3) is 0.500. The number of anilines is 1. The zero-order chi connectivity index (χ0) is 12.0. The Bertz CT molecular complexity index is 339. The van der Waals surface area contributed by atoms with Crippen LogP contribution in [0.15, 0.2) is 12.4 Å². The topological polar surface area (TPSA) is 78.4 Å². The van der Waals surface area contributed by atoms with Gasteiger partial charge in [0.1, 0.15) is 5.82 Å². The van der Waals surface area contributed by atoms with Gasteiger partial charge in [-0.05, 0) is 0 Å². The lowest BCUT2D eigenvalue weighted by molar-refractivity contribution is 0.202. The third-order valence-corrected chi connectivity index (χ3v) is 2.05. The van der Waals surface area contributed by atoms with E-state index in [9.17, 15) is 4.79 Å². The molecule has 1 heterocycles. The van der Waals surface area contributed by atoms with Crippen molar-refractivity contribution in [2.75, 3.05) is 25.5 Å². The van der Waals surface area contributed by atoms with E-state index in [-0.39, 0.29) is 12.6 Å². The van der Waals surface area contributed by atoms with E-state index in [1.165, 1.54) is 4.90 Å². The number of aryl methyl sites for hydroxylation is 1. The number of hydrogen-bond acceptors (Lipinski definition) is 4. The Morgan fingerprint density at radius 1 is 1.50 bits per heavy atom. The van der Waals surface area contributed by atoms with Crippen molar-refractivity contribution in [3.8, 4) is 0 Å². The summed E-state index contributed by atoms with van der Waals surface area (Å²) in [6.45, 7) is 2.19. The molecule has 0 saturated heterocycles. The normalized spacial score (nSPS) is 9.94. The van der Waals surface area contributed by atoms with Gasteiger partial charge < -0.3 is 15.3 Å². The van der Waals surface area contributed by atoms with Crippen molar-refractivity contribution in [1.82, 2.24) is 14.9 Å². The van der Waals surface area contributed by atoms with Gasteiger partial charge in [-0.3, -0.25) is 0 Å². The Kier molecular flexibility index (Phi) is 4.65. The van der Waals surface area contributed by atoms with Crippen molar-refractivity contribution in [2.45, 2.75) is 13.3 Å².